The van der Waals surface area contributed by atoms with Crippen LogP contribution in [0, 0.1) is 0 Å². The fourth-order valence-electron chi connectivity index (χ4n) is 0.934. The van der Waals surface area contributed by atoms with Crippen LogP contribution in [0.5, 0.6) is 0 Å². The molecule has 1 N–H and O–H groups in total. The molecule has 6 heteroatoms. The van der Waals surface area contributed by atoms with Crippen molar-refractivity contribution in [3.05, 3.63) is 0 Å². The second-order valence-electron chi connectivity index (χ2n) is 2.73. The quantitative estimate of drug-likeness (QED) is 0.481. The number of rotatable bonds is 5. The van der Waals surface area contributed by atoms with E-state index in [1.165, 1.54) is 0 Å². The van der Waals surface area contributed by atoms with Crippen LogP contribution >= 0.6 is 0 Å². The average Bonchev–Trinajstić information content (AvgIpc) is 2.25. The minimum atomic E-state index is -0.841. The molecule has 6 nitrogen and oxygen atoms in total. The first-order valence-electron chi connectivity index (χ1n) is 4.48. The third-order valence-corrected chi connectivity index (χ3v) is 1.60. The zero-order valence-corrected chi connectivity index (χ0v) is 8.15. The topological polar surface area (TPSA) is 66.0 Å². The Labute approximate surface area is 82.4 Å². The highest BCUT2D eigenvalue weighted by Gasteiger charge is 2.22. The van der Waals surface area contributed by atoms with Crippen LogP contribution in [-0.2, 0) is 23.8 Å². The Kier molecular flexibility index (Phi) is 5.46. The first-order chi connectivity index (χ1) is 6.84. The van der Waals surface area contributed by atoms with Gasteiger partial charge >= 0.3 is 0 Å². The van der Waals surface area contributed by atoms with Gasteiger partial charge in [-0.05, 0) is 6.42 Å². The molecule has 1 heterocycles. The molecule has 82 valence electrons. The molecule has 0 aromatic heterocycles. The van der Waals surface area contributed by atoms with Crippen molar-refractivity contribution in [1.82, 2.24) is 5.48 Å². The molecule has 0 aromatic rings. The zero-order chi connectivity index (χ0) is 10.2. The number of methoxy groups -OCH3 is 1. The summed E-state index contributed by atoms with van der Waals surface area (Å²) in [4.78, 5) is 16.0. The zero-order valence-electron chi connectivity index (χ0n) is 8.15. The predicted molar refractivity (Wildman–Crippen MR) is 46.3 cm³/mol. The molecule has 0 spiro atoms. The molecule has 0 aromatic carbocycles. The van der Waals surface area contributed by atoms with Crippen molar-refractivity contribution in [1.29, 1.82) is 0 Å². The number of hydroxylamine groups is 1. The van der Waals surface area contributed by atoms with Gasteiger partial charge in [0.2, 0.25) is 6.29 Å². The van der Waals surface area contributed by atoms with Crippen LogP contribution in [0.2, 0.25) is 0 Å². The van der Waals surface area contributed by atoms with Gasteiger partial charge < -0.3 is 14.2 Å². The van der Waals surface area contributed by atoms with E-state index in [-0.39, 0.29) is 0 Å². The van der Waals surface area contributed by atoms with Crippen molar-refractivity contribution < 1.29 is 23.8 Å². The van der Waals surface area contributed by atoms with Gasteiger partial charge in [-0.15, -0.1) is 0 Å². The van der Waals surface area contributed by atoms with E-state index in [0.717, 1.165) is 6.42 Å². The van der Waals surface area contributed by atoms with Crippen LogP contribution < -0.4 is 5.48 Å². The third-order valence-electron chi connectivity index (χ3n) is 1.60. The second-order valence-corrected chi connectivity index (χ2v) is 2.73. The SMILES string of the molecule is COCCONC(=O)C1OCCCO1. The standard InChI is InChI=1S/C8H15NO5/c1-11-5-6-14-9-7(10)8-12-3-2-4-13-8/h8H,2-6H2,1H3,(H,9,10). The molecule has 14 heavy (non-hydrogen) atoms. The normalized spacial score (nSPS) is 18.1. The molecule has 1 amide bonds. The van der Waals surface area contributed by atoms with E-state index in [1.807, 2.05) is 0 Å². The first kappa shape index (κ1) is 11.4. The van der Waals surface area contributed by atoms with Crippen molar-refractivity contribution in [2.45, 2.75) is 12.7 Å². The Morgan fingerprint density at radius 2 is 2.14 bits per heavy atom. The Hall–Kier alpha value is -0.690. The number of hydrogen-bond acceptors (Lipinski definition) is 5. The molecule has 1 rings (SSSR count). The van der Waals surface area contributed by atoms with E-state index in [4.69, 9.17) is 19.0 Å². The summed E-state index contributed by atoms with van der Waals surface area (Å²) in [7, 11) is 1.55. The summed E-state index contributed by atoms with van der Waals surface area (Å²) in [5.41, 5.74) is 2.22. The first-order valence-corrected chi connectivity index (χ1v) is 4.48. The van der Waals surface area contributed by atoms with Gasteiger partial charge in [-0.2, -0.15) is 0 Å². The minimum absolute atomic E-state index is 0.301. The molecule has 0 unspecified atom stereocenters. The monoisotopic (exact) mass is 205 g/mol. The van der Waals surface area contributed by atoms with Crippen LogP contribution in [0.25, 0.3) is 0 Å². The maximum Gasteiger partial charge on any atom is 0.300 e. The third kappa shape index (κ3) is 4.01. The van der Waals surface area contributed by atoms with Gasteiger partial charge in [-0.1, -0.05) is 0 Å². The Morgan fingerprint density at radius 1 is 1.43 bits per heavy atom. The summed E-state index contributed by atoms with van der Waals surface area (Å²) in [6, 6.07) is 0. The lowest BCUT2D eigenvalue weighted by atomic mass is 10.4. The Morgan fingerprint density at radius 3 is 2.79 bits per heavy atom. The molecule has 1 aliphatic heterocycles. The second kappa shape index (κ2) is 6.72. The van der Waals surface area contributed by atoms with Crippen LogP contribution in [-0.4, -0.2) is 45.7 Å². The largest absolute Gasteiger partial charge is 0.382 e. The molecule has 0 saturated carbocycles. The summed E-state index contributed by atoms with van der Waals surface area (Å²) in [5.74, 6) is -0.416. The summed E-state index contributed by atoms with van der Waals surface area (Å²) in [6.45, 7) is 1.80. The molecule has 0 bridgehead atoms. The number of carbonyl (C=O) groups excluding carboxylic acids is 1. The van der Waals surface area contributed by atoms with Gasteiger partial charge in [0.15, 0.2) is 0 Å². The number of carbonyl (C=O) groups is 1. The lowest BCUT2D eigenvalue weighted by Crippen LogP contribution is -2.41. The summed E-state index contributed by atoms with van der Waals surface area (Å²) >= 11 is 0. The number of amides is 1. The van der Waals surface area contributed by atoms with E-state index in [2.05, 4.69) is 5.48 Å². The van der Waals surface area contributed by atoms with Crippen LogP contribution in [0.15, 0.2) is 0 Å². The summed E-state index contributed by atoms with van der Waals surface area (Å²) in [5, 5.41) is 0. The lowest BCUT2D eigenvalue weighted by Gasteiger charge is -2.21. The van der Waals surface area contributed by atoms with Crippen molar-refractivity contribution in [2.24, 2.45) is 0 Å². The van der Waals surface area contributed by atoms with Crippen LogP contribution in [0.4, 0.5) is 0 Å². The van der Waals surface area contributed by atoms with Crippen molar-refractivity contribution in [3.63, 3.8) is 0 Å². The summed E-state index contributed by atoms with van der Waals surface area (Å²) in [6.07, 6.45) is -0.0276. The highest BCUT2D eigenvalue weighted by molar-refractivity contribution is 5.78. The van der Waals surface area contributed by atoms with E-state index < -0.39 is 12.2 Å². The maximum atomic E-state index is 11.2. The molecule has 1 saturated heterocycles. The summed E-state index contributed by atoms with van der Waals surface area (Å²) < 4.78 is 14.8. The number of ether oxygens (including phenoxy) is 3. The van der Waals surface area contributed by atoms with Gasteiger partial charge in [0.1, 0.15) is 0 Å². The smallest absolute Gasteiger partial charge is 0.300 e. The van der Waals surface area contributed by atoms with Crippen LogP contribution in [0.1, 0.15) is 6.42 Å². The Bertz CT molecular complexity index is 169. The fourth-order valence-corrected chi connectivity index (χ4v) is 0.934. The van der Waals surface area contributed by atoms with E-state index in [9.17, 15) is 4.79 Å². The lowest BCUT2D eigenvalue weighted by molar-refractivity contribution is -0.199. The fraction of sp³-hybridized carbons (Fsp3) is 0.875. The molecule has 0 aliphatic carbocycles. The molecular formula is C8H15NO5. The van der Waals surface area contributed by atoms with Crippen molar-refractivity contribution in [2.75, 3.05) is 33.5 Å². The number of hydrogen-bond donors (Lipinski definition) is 1. The molecule has 1 aliphatic rings. The van der Waals surface area contributed by atoms with Crippen molar-refractivity contribution >= 4 is 5.91 Å². The predicted octanol–water partition coefficient (Wildman–Crippen LogP) is -0.556. The van der Waals surface area contributed by atoms with E-state index in [1.54, 1.807) is 7.11 Å². The van der Waals surface area contributed by atoms with Crippen molar-refractivity contribution in [3.8, 4) is 0 Å². The molecular weight excluding hydrogens is 190 g/mol. The minimum Gasteiger partial charge on any atom is -0.382 e. The van der Waals surface area contributed by atoms with Crippen LogP contribution in [0.3, 0.4) is 0 Å². The maximum absolute atomic E-state index is 11.2. The van der Waals surface area contributed by atoms with E-state index in [0.29, 0.717) is 26.4 Å². The molecule has 1 fully saturated rings. The van der Waals surface area contributed by atoms with Gasteiger partial charge in [0, 0.05) is 7.11 Å². The average molecular weight is 205 g/mol. The number of nitrogens with one attached hydrogen (secondary N) is 1. The highest BCUT2D eigenvalue weighted by atomic mass is 16.7. The molecule has 0 radical (unpaired) electrons. The molecule has 0 atom stereocenters. The van der Waals surface area contributed by atoms with Gasteiger partial charge in [0.25, 0.3) is 5.91 Å². The highest BCUT2D eigenvalue weighted by Crippen LogP contribution is 2.04. The Balaban J connectivity index is 2.07. The van der Waals surface area contributed by atoms with Gasteiger partial charge in [-0.3, -0.25) is 9.63 Å². The van der Waals surface area contributed by atoms with Gasteiger partial charge in [-0.25, -0.2) is 5.48 Å². The van der Waals surface area contributed by atoms with Gasteiger partial charge in [0.05, 0.1) is 26.4 Å². The van der Waals surface area contributed by atoms with E-state index >= 15 is 0 Å².